The minimum Gasteiger partial charge on any atom is -0.465 e. The van der Waals surface area contributed by atoms with E-state index in [1.807, 2.05) is 0 Å². The summed E-state index contributed by atoms with van der Waals surface area (Å²) in [7, 11) is 3.34. The number of alkyl halides is 6. The zero-order chi connectivity index (χ0) is 30.1. The Hall–Kier alpha value is -3.61. The van der Waals surface area contributed by atoms with Crippen molar-refractivity contribution < 1.29 is 50.6 Å². The number of anilines is 1. The lowest BCUT2D eigenvalue weighted by Crippen LogP contribution is -2.61. The smallest absolute Gasteiger partial charge is 0.426 e. The van der Waals surface area contributed by atoms with Crippen molar-refractivity contribution in [3.63, 3.8) is 0 Å². The molecule has 1 N–H and O–H groups in total. The topological polar surface area (TPSA) is 88.4 Å². The van der Waals surface area contributed by atoms with E-state index in [-0.39, 0.29) is 35.4 Å². The zero-order valence-corrected chi connectivity index (χ0v) is 22.1. The molecule has 1 aliphatic carbocycles. The summed E-state index contributed by atoms with van der Waals surface area (Å²) in [5.74, 6) is -2.59. The van der Waals surface area contributed by atoms with Crippen LogP contribution in [-0.4, -0.2) is 55.7 Å². The second-order valence-electron chi connectivity index (χ2n) is 9.66. The van der Waals surface area contributed by atoms with Gasteiger partial charge in [-0.05, 0) is 55.0 Å². The Morgan fingerprint density at radius 2 is 1.65 bits per heavy atom. The molecule has 13 heteroatoms. The van der Waals surface area contributed by atoms with Gasteiger partial charge in [0.1, 0.15) is 7.11 Å². The van der Waals surface area contributed by atoms with Gasteiger partial charge in [0.05, 0.1) is 23.9 Å². The van der Waals surface area contributed by atoms with E-state index in [9.17, 15) is 41.0 Å². The molecule has 40 heavy (non-hydrogen) atoms. The summed E-state index contributed by atoms with van der Waals surface area (Å²) in [6, 6.07) is 7.82. The molecule has 218 valence electrons. The van der Waals surface area contributed by atoms with Gasteiger partial charge in [-0.1, -0.05) is 29.8 Å². The summed E-state index contributed by atoms with van der Waals surface area (Å²) in [5, 5.41) is 14.8. The van der Waals surface area contributed by atoms with E-state index in [0.717, 1.165) is 32.4 Å². The number of carbonyl (C=O) groups is 2. The van der Waals surface area contributed by atoms with Crippen LogP contribution in [0.25, 0.3) is 0 Å². The SMILES string of the molecule is CO/N=C(\C)c1cc(N(C)C(=O)C(O)(CC2(c3ccccc3C(F)(F)F)CCC2)C(F)(F)F)ccc1C(=O)OC. The molecule has 0 spiro atoms. The molecule has 1 fully saturated rings. The second-order valence-corrected chi connectivity index (χ2v) is 9.66. The lowest BCUT2D eigenvalue weighted by molar-refractivity contribution is -0.258. The van der Waals surface area contributed by atoms with Crippen molar-refractivity contribution in [2.75, 3.05) is 26.2 Å². The van der Waals surface area contributed by atoms with Gasteiger partial charge in [0.2, 0.25) is 5.60 Å². The highest BCUT2D eigenvalue weighted by Crippen LogP contribution is 2.54. The van der Waals surface area contributed by atoms with Crippen LogP contribution in [0, 0.1) is 0 Å². The molecule has 1 aliphatic rings. The molecule has 0 aliphatic heterocycles. The van der Waals surface area contributed by atoms with E-state index >= 15 is 0 Å². The number of hydrogen-bond acceptors (Lipinski definition) is 6. The fourth-order valence-corrected chi connectivity index (χ4v) is 5.03. The summed E-state index contributed by atoms with van der Waals surface area (Å²) >= 11 is 0. The first-order valence-corrected chi connectivity index (χ1v) is 12.1. The van der Waals surface area contributed by atoms with Gasteiger partial charge in [-0.25, -0.2) is 4.79 Å². The number of benzene rings is 2. The number of hydrogen-bond donors (Lipinski definition) is 1. The average molecular weight is 575 g/mol. The maximum Gasteiger partial charge on any atom is 0.426 e. The molecule has 0 radical (unpaired) electrons. The number of halogens is 6. The molecule has 1 atom stereocenters. The first kappa shape index (κ1) is 30.9. The van der Waals surface area contributed by atoms with Crippen LogP contribution in [0.3, 0.4) is 0 Å². The van der Waals surface area contributed by atoms with Crippen molar-refractivity contribution in [3.8, 4) is 0 Å². The molecule has 7 nitrogen and oxygen atoms in total. The molecular formula is C27H28F6N2O5. The number of ether oxygens (including phenoxy) is 1. The number of carbonyl (C=O) groups excluding carboxylic acids is 2. The third kappa shape index (κ3) is 5.65. The number of methoxy groups -OCH3 is 1. The molecule has 1 unspecified atom stereocenters. The van der Waals surface area contributed by atoms with Crippen LogP contribution in [0.5, 0.6) is 0 Å². The van der Waals surface area contributed by atoms with Gasteiger partial charge in [-0.15, -0.1) is 0 Å². The summed E-state index contributed by atoms with van der Waals surface area (Å²) in [5.41, 5.74) is -7.25. The largest absolute Gasteiger partial charge is 0.465 e. The van der Waals surface area contributed by atoms with Gasteiger partial charge < -0.3 is 19.6 Å². The van der Waals surface area contributed by atoms with E-state index in [4.69, 9.17) is 9.57 Å². The predicted molar refractivity (Wildman–Crippen MR) is 133 cm³/mol. The van der Waals surface area contributed by atoms with Crippen molar-refractivity contribution in [3.05, 3.63) is 64.7 Å². The minimum absolute atomic E-state index is 0.0198. The van der Waals surface area contributed by atoms with Crippen LogP contribution < -0.4 is 4.90 Å². The van der Waals surface area contributed by atoms with Gasteiger partial charge in [0.25, 0.3) is 5.91 Å². The molecule has 0 aromatic heterocycles. The third-order valence-electron chi connectivity index (χ3n) is 7.25. The zero-order valence-electron chi connectivity index (χ0n) is 22.1. The molecule has 1 saturated carbocycles. The minimum atomic E-state index is -5.53. The van der Waals surface area contributed by atoms with Crippen LogP contribution in [0.4, 0.5) is 32.0 Å². The maximum atomic E-state index is 14.5. The Labute approximate surface area is 226 Å². The van der Waals surface area contributed by atoms with Crippen molar-refractivity contribution in [2.45, 2.75) is 56.0 Å². The number of likely N-dealkylation sites (N-methyl/N-ethyl adjacent to an activating group) is 1. The number of nitrogens with zero attached hydrogens (tertiary/aromatic N) is 2. The van der Waals surface area contributed by atoms with Crippen molar-refractivity contribution in [2.24, 2.45) is 5.16 Å². The summed E-state index contributed by atoms with van der Waals surface area (Å²) < 4.78 is 89.5. The van der Waals surface area contributed by atoms with Gasteiger partial charge in [-0.2, -0.15) is 26.3 Å². The highest BCUT2D eigenvalue weighted by Gasteiger charge is 2.64. The quantitative estimate of drug-likeness (QED) is 0.191. The van der Waals surface area contributed by atoms with Crippen molar-refractivity contribution in [1.82, 2.24) is 0 Å². The van der Waals surface area contributed by atoms with Gasteiger partial charge in [0.15, 0.2) is 0 Å². The van der Waals surface area contributed by atoms with E-state index in [0.29, 0.717) is 11.3 Å². The molecule has 2 aromatic carbocycles. The maximum absolute atomic E-state index is 14.5. The molecule has 0 bridgehead atoms. The number of esters is 1. The number of oxime groups is 1. The number of rotatable bonds is 8. The molecule has 0 saturated heterocycles. The Kier molecular flexibility index (Phi) is 8.59. The fraction of sp³-hybridized carbons (Fsp3) is 0.444. The second kappa shape index (κ2) is 11.1. The summed E-state index contributed by atoms with van der Waals surface area (Å²) in [4.78, 5) is 30.9. The molecule has 0 heterocycles. The Bertz CT molecular complexity index is 1300. The first-order chi connectivity index (χ1) is 18.5. The fourth-order valence-electron chi connectivity index (χ4n) is 5.03. The molecule has 3 rings (SSSR count). The predicted octanol–water partition coefficient (Wildman–Crippen LogP) is 5.63. The molecule has 2 aromatic rings. The Morgan fingerprint density at radius 1 is 1.02 bits per heavy atom. The van der Waals surface area contributed by atoms with E-state index in [1.165, 1.54) is 38.3 Å². The lowest BCUT2D eigenvalue weighted by Gasteiger charge is -2.48. The number of aliphatic hydroxyl groups is 1. The summed E-state index contributed by atoms with van der Waals surface area (Å²) in [6.45, 7) is 1.45. The van der Waals surface area contributed by atoms with Crippen LogP contribution in [-0.2, 0) is 26.0 Å². The Morgan fingerprint density at radius 3 is 2.15 bits per heavy atom. The summed E-state index contributed by atoms with van der Waals surface area (Å²) in [6.07, 6.45) is -11.5. The van der Waals surface area contributed by atoms with Crippen molar-refractivity contribution in [1.29, 1.82) is 0 Å². The monoisotopic (exact) mass is 574 g/mol. The van der Waals surface area contributed by atoms with E-state index in [2.05, 4.69) is 5.16 Å². The average Bonchev–Trinajstić information content (AvgIpc) is 2.88. The third-order valence-corrected chi connectivity index (χ3v) is 7.25. The standard InChI is InChI=1S/C27H28F6N2O5/c1-16(34-40-4)19-14-17(10-11-18(19)22(36)39-3)35(2)23(37)25(38,27(31,32)33)15-24(12-7-13-24)20-8-5-6-9-21(20)26(28,29)30/h5-6,8-11,14,38H,7,12-13,15H2,1-4H3/b34-16+. The van der Waals surface area contributed by atoms with Crippen LogP contribution in [0.2, 0.25) is 0 Å². The number of amides is 1. The van der Waals surface area contributed by atoms with Gasteiger partial charge >= 0.3 is 18.3 Å². The van der Waals surface area contributed by atoms with Crippen LogP contribution >= 0.6 is 0 Å². The lowest BCUT2D eigenvalue weighted by atomic mass is 9.58. The van der Waals surface area contributed by atoms with Crippen molar-refractivity contribution >= 4 is 23.3 Å². The highest BCUT2D eigenvalue weighted by molar-refractivity contribution is 6.09. The van der Waals surface area contributed by atoms with Crippen LogP contribution in [0.15, 0.2) is 47.6 Å². The van der Waals surface area contributed by atoms with E-state index in [1.54, 1.807) is 0 Å². The normalized spacial score (nSPS) is 16.9. The molecule has 1 amide bonds. The van der Waals surface area contributed by atoms with Gasteiger partial charge in [-0.3, -0.25) is 4.79 Å². The van der Waals surface area contributed by atoms with Gasteiger partial charge in [0, 0.05) is 24.7 Å². The molecular weight excluding hydrogens is 546 g/mol. The van der Waals surface area contributed by atoms with E-state index < -0.39 is 52.8 Å². The highest BCUT2D eigenvalue weighted by atomic mass is 19.4. The Balaban J connectivity index is 2.10. The van der Waals surface area contributed by atoms with Crippen LogP contribution in [0.1, 0.15) is 59.7 Å². The first-order valence-electron chi connectivity index (χ1n) is 12.1.